The molecule has 0 aliphatic carbocycles. The van der Waals surface area contributed by atoms with Gasteiger partial charge in [0, 0.05) is 11.5 Å². The van der Waals surface area contributed by atoms with Crippen molar-refractivity contribution in [2.24, 2.45) is 0 Å². The maximum absolute atomic E-state index is 6.06. The Morgan fingerprint density at radius 1 is 1.42 bits per heavy atom. The van der Waals surface area contributed by atoms with Crippen LogP contribution < -0.4 is 9.47 Å². The summed E-state index contributed by atoms with van der Waals surface area (Å²) in [7, 11) is 3.96. The molecule has 19 heavy (non-hydrogen) atoms. The molecule has 0 aromatic heterocycles. The van der Waals surface area contributed by atoms with Gasteiger partial charge < -0.3 is 9.47 Å². The number of nitrogens with zero attached hydrogens (tertiary/aromatic N) is 1. The number of methoxy groups -OCH3 is 1. The highest BCUT2D eigenvalue weighted by molar-refractivity contribution is 5.54. The van der Waals surface area contributed by atoms with Crippen LogP contribution >= 0.6 is 0 Å². The van der Waals surface area contributed by atoms with E-state index in [2.05, 4.69) is 31.0 Å². The van der Waals surface area contributed by atoms with Crippen molar-refractivity contribution in [1.29, 1.82) is 0 Å². The van der Waals surface area contributed by atoms with E-state index in [0.29, 0.717) is 12.0 Å². The number of benzene rings is 1. The molecule has 3 rings (SSSR count). The van der Waals surface area contributed by atoms with E-state index in [9.17, 15) is 0 Å². The first-order valence-corrected chi connectivity index (χ1v) is 7.29. The molecule has 2 aliphatic rings. The van der Waals surface area contributed by atoms with Crippen LogP contribution in [0.1, 0.15) is 36.8 Å². The van der Waals surface area contributed by atoms with E-state index in [4.69, 9.17) is 9.47 Å². The normalized spacial score (nSPS) is 26.3. The van der Waals surface area contributed by atoms with Crippen molar-refractivity contribution in [3.05, 3.63) is 23.3 Å². The smallest absolute Gasteiger partial charge is 0.165 e. The third-order valence-electron chi connectivity index (χ3n) is 4.66. The van der Waals surface area contributed by atoms with Gasteiger partial charge >= 0.3 is 0 Å². The monoisotopic (exact) mass is 261 g/mol. The molecule has 1 aromatic rings. The Morgan fingerprint density at radius 3 is 3.00 bits per heavy atom. The van der Waals surface area contributed by atoms with Gasteiger partial charge in [-0.25, -0.2) is 0 Å². The molecule has 0 radical (unpaired) electrons. The van der Waals surface area contributed by atoms with Crippen molar-refractivity contribution in [3.63, 3.8) is 0 Å². The van der Waals surface area contributed by atoms with Gasteiger partial charge in [-0.1, -0.05) is 19.1 Å². The van der Waals surface area contributed by atoms with Crippen LogP contribution in [0.4, 0.5) is 0 Å². The Kier molecular flexibility index (Phi) is 3.40. The number of rotatable bonds is 2. The second-order valence-corrected chi connectivity index (χ2v) is 5.64. The third-order valence-corrected chi connectivity index (χ3v) is 4.66. The molecular weight excluding hydrogens is 238 g/mol. The summed E-state index contributed by atoms with van der Waals surface area (Å²) in [5, 5.41) is 0. The van der Waals surface area contributed by atoms with Gasteiger partial charge in [-0.3, -0.25) is 4.90 Å². The summed E-state index contributed by atoms with van der Waals surface area (Å²) >= 11 is 0. The van der Waals surface area contributed by atoms with Crippen molar-refractivity contribution in [1.82, 2.24) is 4.90 Å². The molecule has 0 N–H and O–H groups in total. The minimum atomic E-state index is 0.526. The molecule has 1 saturated heterocycles. The fourth-order valence-electron chi connectivity index (χ4n) is 3.56. The quantitative estimate of drug-likeness (QED) is 0.817. The van der Waals surface area contributed by atoms with Gasteiger partial charge in [0.1, 0.15) is 6.61 Å². The van der Waals surface area contributed by atoms with Gasteiger partial charge in [-0.15, -0.1) is 0 Å². The number of likely N-dealkylation sites (tertiary alicyclic amines) is 1. The Balaban J connectivity index is 2.04. The van der Waals surface area contributed by atoms with Crippen molar-refractivity contribution >= 4 is 0 Å². The minimum Gasteiger partial charge on any atom is -0.493 e. The maximum Gasteiger partial charge on any atom is 0.165 e. The lowest BCUT2D eigenvalue weighted by Gasteiger charge is -2.43. The van der Waals surface area contributed by atoms with Crippen LogP contribution in [0.3, 0.4) is 0 Å². The van der Waals surface area contributed by atoms with E-state index in [-0.39, 0.29) is 0 Å². The predicted molar refractivity (Wildman–Crippen MR) is 76.3 cm³/mol. The second kappa shape index (κ2) is 5.04. The van der Waals surface area contributed by atoms with Gasteiger partial charge in [0.2, 0.25) is 0 Å². The van der Waals surface area contributed by atoms with E-state index < -0.39 is 0 Å². The first-order chi connectivity index (χ1) is 9.26. The van der Waals surface area contributed by atoms with Crippen LogP contribution in [0.5, 0.6) is 11.5 Å². The molecule has 1 fully saturated rings. The van der Waals surface area contributed by atoms with E-state index in [1.165, 1.54) is 30.5 Å². The molecule has 0 bridgehead atoms. The maximum atomic E-state index is 6.06. The molecule has 0 unspecified atom stereocenters. The highest BCUT2D eigenvalue weighted by Crippen LogP contribution is 2.46. The summed E-state index contributed by atoms with van der Waals surface area (Å²) in [6.45, 7) is 4.13. The lowest BCUT2D eigenvalue weighted by Crippen LogP contribution is -2.47. The van der Waals surface area contributed by atoms with Crippen molar-refractivity contribution in [3.8, 4) is 11.5 Å². The molecule has 3 nitrogen and oxygen atoms in total. The SMILES string of the molecule is CCc1ccc2c(c1OC)OC[C@H]1[C@H]2CCCN1C. The van der Waals surface area contributed by atoms with E-state index in [0.717, 1.165) is 24.5 Å². The number of likely N-dealkylation sites (N-methyl/N-ethyl adjacent to an activating group) is 1. The Morgan fingerprint density at radius 2 is 2.26 bits per heavy atom. The number of hydrogen-bond donors (Lipinski definition) is 0. The third kappa shape index (κ3) is 2.00. The van der Waals surface area contributed by atoms with Gasteiger partial charge in [0.25, 0.3) is 0 Å². The zero-order chi connectivity index (χ0) is 13.4. The van der Waals surface area contributed by atoms with Crippen LogP contribution in [0, 0.1) is 0 Å². The molecule has 2 heterocycles. The summed E-state index contributed by atoms with van der Waals surface area (Å²) in [5.41, 5.74) is 2.58. The van der Waals surface area contributed by atoms with Crippen LogP contribution in [0.25, 0.3) is 0 Å². The van der Waals surface area contributed by atoms with Crippen molar-refractivity contribution in [2.45, 2.75) is 38.1 Å². The zero-order valence-corrected chi connectivity index (χ0v) is 12.1. The topological polar surface area (TPSA) is 21.7 Å². The summed E-state index contributed by atoms with van der Waals surface area (Å²) in [6.07, 6.45) is 3.52. The molecule has 2 atom stereocenters. The first kappa shape index (κ1) is 12.8. The van der Waals surface area contributed by atoms with Crippen molar-refractivity contribution in [2.75, 3.05) is 27.3 Å². The Bertz CT molecular complexity index is 472. The summed E-state index contributed by atoms with van der Waals surface area (Å²) in [5.74, 6) is 2.55. The number of hydrogen-bond acceptors (Lipinski definition) is 3. The molecule has 0 saturated carbocycles. The second-order valence-electron chi connectivity index (χ2n) is 5.64. The van der Waals surface area contributed by atoms with E-state index in [1.54, 1.807) is 7.11 Å². The van der Waals surface area contributed by atoms with Gasteiger partial charge in [-0.2, -0.15) is 0 Å². The fourth-order valence-corrected chi connectivity index (χ4v) is 3.56. The minimum absolute atomic E-state index is 0.526. The van der Waals surface area contributed by atoms with Crippen molar-refractivity contribution < 1.29 is 9.47 Å². The summed E-state index contributed by atoms with van der Waals surface area (Å²) < 4.78 is 11.7. The average molecular weight is 261 g/mol. The number of aryl methyl sites for hydroxylation is 1. The largest absolute Gasteiger partial charge is 0.493 e. The highest BCUT2D eigenvalue weighted by Gasteiger charge is 2.37. The fraction of sp³-hybridized carbons (Fsp3) is 0.625. The van der Waals surface area contributed by atoms with E-state index >= 15 is 0 Å². The summed E-state index contributed by atoms with van der Waals surface area (Å²) in [6, 6.07) is 4.99. The van der Waals surface area contributed by atoms with E-state index in [1.807, 2.05) is 0 Å². The van der Waals surface area contributed by atoms with Crippen LogP contribution in [-0.2, 0) is 6.42 Å². The lowest BCUT2D eigenvalue weighted by molar-refractivity contribution is 0.0846. The number of fused-ring (bicyclic) bond motifs is 3. The molecule has 0 amide bonds. The average Bonchev–Trinajstić information content (AvgIpc) is 2.45. The van der Waals surface area contributed by atoms with Crippen LogP contribution in [0.15, 0.2) is 12.1 Å². The molecule has 3 heteroatoms. The molecular formula is C16H23NO2. The lowest BCUT2D eigenvalue weighted by atomic mass is 9.81. The molecule has 104 valence electrons. The van der Waals surface area contributed by atoms with Crippen LogP contribution in [0.2, 0.25) is 0 Å². The van der Waals surface area contributed by atoms with Gasteiger partial charge in [0.15, 0.2) is 11.5 Å². The number of piperidine rings is 1. The number of ether oxygens (including phenoxy) is 2. The Hall–Kier alpha value is -1.22. The molecule has 0 spiro atoms. The highest BCUT2D eigenvalue weighted by atomic mass is 16.5. The van der Waals surface area contributed by atoms with Gasteiger partial charge in [0.05, 0.1) is 13.2 Å². The standard InChI is InChI=1S/C16H23NO2/c1-4-11-7-8-13-12-6-5-9-17(2)14(12)10-19-16(13)15(11)18-3/h7-8,12,14H,4-6,9-10H2,1-3H3/t12-,14-/m0/s1. The first-order valence-electron chi connectivity index (χ1n) is 7.29. The zero-order valence-electron chi connectivity index (χ0n) is 12.1. The van der Waals surface area contributed by atoms with Gasteiger partial charge in [-0.05, 0) is 38.4 Å². The molecule has 2 aliphatic heterocycles. The summed E-state index contributed by atoms with van der Waals surface area (Å²) in [4.78, 5) is 2.44. The predicted octanol–water partition coefficient (Wildman–Crippen LogP) is 2.83. The van der Waals surface area contributed by atoms with Crippen LogP contribution in [-0.4, -0.2) is 38.3 Å². The Labute approximate surface area is 115 Å². The molecule has 1 aromatic carbocycles.